The van der Waals surface area contributed by atoms with Crippen molar-refractivity contribution in [2.75, 3.05) is 37.7 Å². The van der Waals surface area contributed by atoms with Crippen molar-refractivity contribution in [3.05, 3.63) is 41.3 Å². The van der Waals surface area contributed by atoms with Crippen molar-refractivity contribution in [2.45, 2.75) is 12.5 Å². The predicted octanol–water partition coefficient (Wildman–Crippen LogP) is -0.0849. The Hall–Kier alpha value is -1.90. The van der Waals surface area contributed by atoms with Crippen molar-refractivity contribution in [1.82, 2.24) is 14.3 Å². The second kappa shape index (κ2) is 7.26. The van der Waals surface area contributed by atoms with E-state index in [9.17, 15) is 13.2 Å². The standard InChI is InChI=1S/C18H21ClN4O3S/c19-18-15(23-7-2-1-3-16(23)20-18)4-5-17(24)22-10-8-21(9-11-22)14-6-12-27(25,26)13-14/h1-5,7,14H,6,8-13H2/p+1/b5-4+/t14-/m1/s1. The summed E-state index contributed by atoms with van der Waals surface area (Å²) in [5.41, 5.74) is 1.42. The number of halogens is 1. The second-order valence-corrected chi connectivity index (χ2v) is 9.72. The van der Waals surface area contributed by atoms with Crippen LogP contribution in [0, 0.1) is 0 Å². The third-order valence-electron chi connectivity index (χ3n) is 5.43. The number of pyridine rings is 1. The van der Waals surface area contributed by atoms with Crippen LogP contribution in [0.3, 0.4) is 0 Å². The van der Waals surface area contributed by atoms with Crippen LogP contribution in [-0.2, 0) is 14.6 Å². The first-order chi connectivity index (χ1) is 12.9. The largest absolute Gasteiger partial charge is 0.329 e. The highest BCUT2D eigenvalue weighted by Gasteiger charge is 2.37. The number of carbonyl (C=O) groups is 1. The van der Waals surface area contributed by atoms with Crippen molar-refractivity contribution < 1.29 is 18.1 Å². The fourth-order valence-corrected chi connectivity index (χ4v) is 6.00. The maximum atomic E-state index is 12.5. The molecule has 0 radical (unpaired) electrons. The van der Waals surface area contributed by atoms with Gasteiger partial charge in [0.2, 0.25) is 5.91 Å². The normalized spacial score (nSPS) is 23.4. The molecule has 7 nitrogen and oxygen atoms in total. The molecule has 1 amide bonds. The smallest absolute Gasteiger partial charge is 0.247 e. The number of rotatable bonds is 3. The molecule has 9 heteroatoms. The quantitative estimate of drug-likeness (QED) is 0.719. The second-order valence-electron chi connectivity index (χ2n) is 7.13. The van der Waals surface area contributed by atoms with E-state index in [1.807, 2.05) is 28.8 Å². The summed E-state index contributed by atoms with van der Waals surface area (Å²) < 4.78 is 25.2. The number of quaternary nitrogens is 1. The van der Waals surface area contributed by atoms with Gasteiger partial charge < -0.3 is 9.80 Å². The first kappa shape index (κ1) is 18.5. The topological polar surface area (TPSA) is 76.2 Å². The molecule has 2 aliphatic heterocycles. The number of nitrogens with one attached hydrogen (secondary N) is 1. The van der Waals surface area contributed by atoms with Gasteiger partial charge in [0.05, 0.1) is 37.6 Å². The molecule has 4 rings (SSSR count). The van der Waals surface area contributed by atoms with Crippen LogP contribution >= 0.6 is 11.6 Å². The van der Waals surface area contributed by atoms with E-state index in [4.69, 9.17) is 11.6 Å². The first-order valence-corrected chi connectivity index (χ1v) is 11.3. The maximum Gasteiger partial charge on any atom is 0.247 e. The Morgan fingerprint density at radius 1 is 1.30 bits per heavy atom. The highest BCUT2D eigenvalue weighted by atomic mass is 35.5. The predicted molar refractivity (Wildman–Crippen MR) is 104 cm³/mol. The molecule has 2 fully saturated rings. The molecule has 4 heterocycles. The zero-order chi connectivity index (χ0) is 19.0. The van der Waals surface area contributed by atoms with Crippen LogP contribution in [0.1, 0.15) is 12.1 Å². The van der Waals surface area contributed by atoms with Crippen LogP contribution in [-0.4, -0.2) is 72.3 Å². The molecule has 2 aromatic heterocycles. The highest BCUT2D eigenvalue weighted by molar-refractivity contribution is 7.91. The molecule has 0 bridgehead atoms. The van der Waals surface area contributed by atoms with E-state index in [1.165, 1.54) is 11.0 Å². The number of piperazine rings is 1. The summed E-state index contributed by atoms with van der Waals surface area (Å²) in [4.78, 5) is 19.9. The van der Waals surface area contributed by atoms with Gasteiger partial charge in [0.25, 0.3) is 0 Å². The maximum absolute atomic E-state index is 12.5. The lowest BCUT2D eigenvalue weighted by atomic mass is 10.2. The SMILES string of the molecule is O=C(/C=C/c1c(Cl)nc2ccccn12)N1CC[NH+]([C@@H]2CCS(=O)(=O)C2)CC1. The molecule has 0 saturated carbocycles. The van der Waals surface area contributed by atoms with Crippen molar-refractivity contribution in [3.8, 4) is 0 Å². The van der Waals surface area contributed by atoms with Gasteiger partial charge in [-0.3, -0.25) is 9.20 Å². The van der Waals surface area contributed by atoms with Crippen molar-refractivity contribution in [1.29, 1.82) is 0 Å². The Balaban J connectivity index is 1.38. The minimum absolute atomic E-state index is 0.0601. The number of nitrogens with zero attached hydrogens (tertiary/aromatic N) is 3. The Morgan fingerprint density at radius 3 is 2.78 bits per heavy atom. The van der Waals surface area contributed by atoms with Crippen LogP contribution in [0.5, 0.6) is 0 Å². The van der Waals surface area contributed by atoms with E-state index in [0.717, 1.165) is 25.2 Å². The molecule has 1 N–H and O–H groups in total. The first-order valence-electron chi connectivity index (χ1n) is 9.07. The van der Waals surface area contributed by atoms with E-state index in [-0.39, 0.29) is 17.7 Å². The van der Waals surface area contributed by atoms with Crippen LogP contribution in [0.25, 0.3) is 11.7 Å². The lowest BCUT2D eigenvalue weighted by molar-refractivity contribution is -0.925. The molecular formula is C18H22ClN4O3S+. The Kier molecular flexibility index (Phi) is 4.96. The summed E-state index contributed by atoms with van der Waals surface area (Å²) in [7, 11) is -2.86. The molecule has 1 atom stereocenters. The fourth-order valence-electron chi connectivity index (χ4n) is 3.93. The van der Waals surface area contributed by atoms with Crippen molar-refractivity contribution in [2.24, 2.45) is 0 Å². The van der Waals surface area contributed by atoms with E-state index in [2.05, 4.69) is 4.98 Å². The summed E-state index contributed by atoms with van der Waals surface area (Å²) in [6.07, 6.45) is 5.83. The van der Waals surface area contributed by atoms with Gasteiger partial charge in [0.15, 0.2) is 15.0 Å². The summed E-state index contributed by atoms with van der Waals surface area (Å²) >= 11 is 6.19. The number of fused-ring (bicyclic) bond motifs is 1. The Morgan fingerprint density at radius 2 is 2.07 bits per heavy atom. The van der Waals surface area contributed by atoms with Crippen LogP contribution in [0.4, 0.5) is 0 Å². The summed E-state index contributed by atoms with van der Waals surface area (Å²) in [6.45, 7) is 2.85. The summed E-state index contributed by atoms with van der Waals surface area (Å²) in [6, 6.07) is 5.81. The van der Waals surface area contributed by atoms with Gasteiger partial charge >= 0.3 is 0 Å². The van der Waals surface area contributed by atoms with E-state index in [0.29, 0.717) is 29.7 Å². The third-order valence-corrected chi connectivity index (χ3v) is 7.48. The number of amides is 1. The lowest BCUT2D eigenvalue weighted by Crippen LogP contribution is -3.18. The van der Waals surface area contributed by atoms with E-state index in [1.54, 1.807) is 11.0 Å². The molecule has 0 aliphatic carbocycles. The zero-order valence-corrected chi connectivity index (χ0v) is 16.4. The van der Waals surface area contributed by atoms with Crippen molar-refractivity contribution >= 4 is 39.1 Å². The third kappa shape index (κ3) is 3.88. The van der Waals surface area contributed by atoms with Gasteiger partial charge in [0.1, 0.15) is 17.4 Å². The molecule has 2 saturated heterocycles. The van der Waals surface area contributed by atoms with Gasteiger partial charge in [-0.2, -0.15) is 0 Å². The molecule has 0 aromatic carbocycles. The van der Waals surface area contributed by atoms with Crippen LogP contribution in [0.2, 0.25) is 5.15 Å². The van der Waals surface area contributed by atoms with Gasteiger partial charge in [-0.15, -0.1) is 0 Å². The molecule has 2 aliphatic rings. The molecule has 144 valence electrons. The van der Waals surface area contributed by atoms with Gasteiger partial charge in [-0.25, -0.2) is 13.4 Å². The van der Waals surface area contributed by atoms with E-state index >= 15 is 0 Å². The number of carbonyl (C=O) groups excluding carboxylic acids is 1. The molecule has 27 heavy (non-hydrogen) atoms. The highest BCUT2D eigenvalue weighted by Crippen LogP contribution is 2.19. The van der Waals surface area contributed by atoms with Gasteiger partial charge in [-0.1, -0.05) is 17.7 Å². The van der Waals surface area contributed by atoms with E-state index < -0.39 is 9.84 Å². The molecule has 0 spiro atoms. The number of sulfone groups is 1. The lowest BCUT2D eigenvalue weighted by Gasteiger charge is -2.34. The van der Waals surface area contributed by atoms with Crippen LogP contribution in [0.15, 0.2) is 30.5 Å². The monoisotopic (exact) mass is 409 g/mol. The number of aromatic nitrogens is 2. The minimum Gasteiger partial charge on any atom is -0.329 e. The van der Waals surface area contributed by atoms with Crippen LogP contribution < -0.4 is 4.90 Å². The zero-order valence-electron chi connectivity index (χ0n) is 14.8. The Labute approximate surface area is 163 Å². The average molecular weight is 410 g/mol. The number of hydrogen-bond acceptors (Lipinski definition) is 4. The molecule has 2 aromatic rings. The Bertz CT molecular complexity index is 993. The van der Waals surface area contributed by atoms with Crippen molar-refractivity contribution in [3.63, 3.8) is 0 Å². The fraction of sp³-hybridized carbons (Fsp3) is 0.444. The molecular weight excluding hydrogens is 388 g/mol. The summed E-state index contributed by atoms with van der Waals surface area (Å²) in [5, 5.41) is 0.363. The number of imidazole rings is 1. The summed E-state index contributed by atoms with van der Waals surface area (Å²) in [5.74, 6) is 0.519. The van der Waals surface area contributed by atoms with Gasteiger partial charge in [0, 0.05) is 18.7 Å². The average Bonchev–Trinajstić information content (AvgIpc) is 3.18. The minimum atomic E-state index is -2.86. The number of hydrogen-bond donors (Lipinski definition) is 1. The molecule has 0 unspecified atom stereocenters. The van der Waals surface area contributed by atoms with Gasteiger partial charge in [-0.05, 0) is 18.2 Å².